The molecule has 0 amide bonds. The highest BCUT2D eigenvalue weighted by atomic mass is 79.9. The van der Waals surface area contributed by atoms with Crippen molar-refractivity contribution in [2.45, 2.75) is 9.79 Å². The minimum absolute atomic E-state index is 0.346. The van der Waals surface area contributed by atoms with E-state index in [4.69, 9.17) is 0 Å². The van der Waals surface area contributed by atoms with Crippen LogP contribution in [0.4, 0.5) is 4.39 Å². The number of carbonyl (C=O) groups is 1. The van der Waals surface area contributed by atoms with Crippen molar-refractivity contribution >= 4 is 34.0 Å². The van der Waals surface area contributed by atoms with Crippen molar-refractivity contribution in [1.29, 1.82) is 0 Å². The molecule has 0 atom stereocenters. The quantitative estimate of drug-likeness (QED) is 0.773. The molecule has 2 aromatic carbocycles. The number of hydrogen-bond donors (Lipinski definition) is 0. The number of hydrogen-bond acceptors (Lipinski definition) is 2. The summed E-state index contributed by atoms with van der Waals surface area (Å²) >= 11 is 4.73. The van der Waals surface area contributed by atoms with Crippen LogP contribution in [-0.4, -0.2) is 6.29 Å². The van der Waals surface area contributed by atoms with Crippen molar-refractivity contribution in [2.24, 2.45) is 0 Å². The Morgan fingerprint density at radius 1 is 1.12 bits per heavy atom. The van der Waals surface area contributed by atoms with E-state index >= 15 is 0 Å². The van der Waals surface area contributed by atoms with Gasteiger partial charge in [-0.3, -0.25) is 4.79 Å². The molecule has 0 radical (unpaired) electrons. The molecule has 0 aromatic heterocycles. The number of aldehydes is 1. The zero-order valence-electron chi connectivity index (χ0n) is 8.69. The van der Waals surface area contributed by atoms with E-state index in [1.165, 1.54) is 17.8 Å². The van der Waals surface area contributed by atoms with Gasteiger partial charge in [0.05, 0.1) is 0 Å². The Balaban J connectivity index is 2.31. The molecule has 0 bridgehead atoms. The van der Waals surface area contributed by atoms with Crippen molar-refractivity contribution in [1.82, 2.24) is 0 Å². The van der Waals surface area contributed by atoms with Gasteiger partial charge in [0, 0.05) is 19.8 Å². The Hall–Kier alpha value is -1.13. The molecule has 17 heavy (non-hydrogen) atoms. The molecule has 0 N–H and O–H groups in total. The van der Waals surface area contributed by atoms with Gasteiger partial charge < -0.3 is 0 Å². The zero-order chi connectivity index (χ0) is 12.3. The first-order valence-corrected chi connectivity index (χ1v) is 6.49. The highest BCUT2D eigenvalue weighted by molar-refractivity contribution is 9.10. The van der Waals surface area contributed by atoms with Crippen LogP contribution >= 0.6 is 27.7 Å². The first kappa shape index (κ1) is 12.3. The van der Waals surface area contributed by atoms with Gasteiger partial charge in [-0.25, -0.2) is 4.39 Å². The van der Waals surface area contributed by atoms with Crippen molar-refractivity contribution in [3.8, 4) is 0 Å². The lowest BCUT2D eigenvalue weighted by Crippen LogP contribution is -1.86. The fraction of sp³-hybridized carbons (Fsp3) is 0. The van der Waals surface area contributed by atoms with Gasteiger partial charge in [0.15, 0.2) is 0 Å². The Morgan fingerprint density at radius 2 is 1.88 bits per heavy atom. The molecule has 0 saturated heterocycles. The van der Waals surface area contributed by atoms with Crippen LogP contribution in [0.3, 0.4) is 0 Å². The van der Waals surface area contributed by atoms with Crippen molar-refractivity contribution in [3.63, 3.8) is 0 Å². The third-order valence-corrected chi connectivity index (χ3v) is 4.23. The van der Waals surface area contributed by atoms with Crippen LogP contribution in [0.2, 0.25) is 0 Å². The summed E-state index contributed by atoms with van der Waals surface area (Å²) in [4.78, 5) is 11.9. The van der Waals surface area contributed by atoms with Crippen molar-refractivity contribution in [3.05, 3.63) is 58.3 Å². The van der Waals surface area contributed by atoms with Crippen LogP contribution in [0, 0.1) is 5.82 Å². The maximum atomic E-state index is 13.7. The van der Waals surface area contributed by atoms with Crippen molar-refractivity contribution < 1.29 is 9.18 Å². The highest BCUT2D eigenvalue weighted by Gasteiger charge is 2.07. The number of halogens is 2. The van der Waals surface area contributed by atoms with E-state index in [1.807, 2.05) is 24.3 Å². The van der Waals surface area contributed by atoms with Gasteiger partial charge in [0.25, 0.3) is 0 Å². The predicted octanol–water partition coefficient (Wildman–Crippen LogP) is 4.55. The van der Waals surface area contributed by atoms with E-state index in [0.717, 1.165) is 9.37 Å². The molecule has 0 heterocycles. The molecule has 0 aliphatic rings. The molecule has 0 aliphatic heterocycles. The Labute approximate surface area is 111 Å². The standard InChI is InChI=1S/C13H8BrFOS/c14-10-3-1-2-4-12(10)17-13-6-5-9(8-16)7-11(13)15/h1-8H. The van der Waals surface area contributed by atoms with E-state index in [9.17, 15) is 9.18 Å². The summed E-state index contributed by atoms with van der Waals surface area (Å²) < 4.78 is 14.6. The summed E-state index contributed by atoms with van der Waals surface area (Å²) in [5.41, 5.74) is 0.346. The summed E-state index contributed by atoms with van der Waals surface area (Å²) in [7, 11) is 0. The lowest BCUT2D eigenvalue weighted by atomic mass is 10.2. The lowest BCUT2D eigenvalue weighted by Gasteiger charge is -2.05. The second-order valence-electron chi connectivity index (χ2n) is 3.34. The van der Waals surface area contributed by atoms with Crippen LogP contribution in [0.15, 0.2) is 56.7 Å². The number of rotatable bonds is 3. The largest absolute Gasteiger partial charge is 0.298 e. The van der Waals surface area contributed by atoms with Gasteiger partial charge in [-0.2, -0.15) is 0 Å². The lowest BCUT2D eigenvalue weighted by molar-refractivity contribution is 0.112. The Kier molecular flexibility index (Phi) is 3.97. The second kappa shape index (κ2) is 5.47. The smallest absolute Gasteiger partial charge is 0.150 e. The third-order valence-electron chi connectivity index (χ3n) is 2.15. The topological polar surface area (TPSA) is 17.1 Å². The molecular weight excluding hydrogens is 303 g/mol. The minimum Gasteiger partial charge on any atom is -0.298 e. The predicted molar refractivity (Wildman–Crippen MR) is 70.1 cm³/mol. The average Bonchev–Trinajstić information content (AvgIpc) is 2.34. The van der Waals surface area contributed by atoms with Crippen LogP contribution in [-0.2, 0) is 0 Å². The average molecular weight is 311 g/mol. The van der Waals surface area contributed by atoms with E-state index in [2.05, 4.69) is 15.9 Å². The van der Waals surface area contributed by atoms with Gasteiger partial charge in [-0.05, 0) is 40.2 Å². The van der Waals surface area contributed by atoms with Crippen LogP contribution in [0.25, 0.3) is 0 Å². The summed E-state index contributed by atoms with van der Waals surface area (Å²) in [5, 5.41) is 0. The highest BCUT2D eigenvalue weighted by Crippen LogP contribution is 2.34. The molecule has 0 aliphatic carbocycles. The molecule has 4 heteroatoms. The summed E-state index contributed by atoms with van der Waals surface area (Å²) in [5.74, 6) is -0.379. The third kappa shape index (κ3) is 2.96. The van der Waals surface area contributed by atoms with Gasteiger partial charge in [-0.1, -0.05) is 30.0 Å². The summed E-state index contributed by atoms with van der Waals surface area (Å²) in [6, 6.07) is 12.1. The van der Waals surface area contributed by atoms with E-state index in [-0.39, 0.29) is 5.82 Å². The summed E-state index contributed by atoms with van der Waals surface area (Å²) in [6.45, 7) is 0. The molecule has 2 aromatic rings. The maximum Gasteiger partial charge on any atom is 0.150 e. The monoisotopic (exact) mass is 310 g/mol. The van der Waals surface area contributed by atoms with E-state index < -0.39 is 0 Å². The molecule has 1 nitrogen and oxygen atoms in total. The Morgan fingerprint density at radius 3 is 2.53 bits per heavy atom. The molecule has 2 rings (SSSR count). The molecule has 0 saturated carbocycles. The first-order valence-electron chi connectivity index (χ1n) is 4.88. The number of carbonyl (C=O) groups excluding carboxylic acids is 1. The zero-order valence-corrected chi connectivity index (χ0v) is 11.1. The van der Waals surface area contributed by atoms with Crippen molar-refractivity contribution in [2.75, 3.05) is 0 Å². The summed E-state index contributed by atoms with van der Waals surface area (Å²) in [6.07, 6.45) is 0.635. The normalized spacial score (nSPS) is 10.2. The van der Waals surface area contributed by atoms with Gasteiger partial charge in [0.2, 0.25) is 0 Å². The first-order chi connectivity index (χ1) is 8.20. The fourth-order valence-corrected chi connectivity index (χ4v) is 2.69. The van der Waals surface area contributed by atoms with Crippen LogP contribution < -0.4 is 0 Å². The van der Waals surface area contributed by atoms with Gasteiger partial charge in [0.1, 0.15) is 12.1 Å². The van der Waals surface area contributed by atoms with E-state index in [0.29, 0.717) is 16.7 Å². The van der Waals surface area contributed by atoms with E-state index in [1.54, 1.807) is 12.1 Å². The minimum atomic E-state index is -0.379. The number of benzene rings is 2. The van der Waals surface area contributed by atoms with Crippen LogP contribution in [0.1, 0.15) is 10.4 Å². The molecule has 86 valence electrons. The molecular formula is C13H8BrFOS. The molecule has 0 fully saturated rings. The van der Waals surface area contributed by atoms with Gasteiger partial charge in [-0.15, -0.1) is 0 Å². The SMILES string of the molecule is O=Cc1ccc(Sc2ccccc2Br)c(F)c1. The maximum absolute atomic E-state index is 13.7. The second-order valence-corrected chi connectivity index (χ2v) is 5.28. The molecule has 0 spiro atoms. The van der Waals surface area contributed by atoms with Gasteiger partial charge >= 0.3 is 0 Å². The molecule has 0 unspecified atom stereocenters. The fourth-order valence-electron chi connectivity index (χ4n) is 1.32. The van der Waals surface area contributed by atoms with Crippen LogP contribution in [0.5, 0.6) is 0 Å². The Bertz CT molecular complexity index is 557.